The number of halogens is 2. The average Bonchev–Trinajstić information content (AvgIpc) is 2.78. The number of nitrogens with zero attached hydrogens (tertiary/aromatic N) is 2. The molecule has 1 fully saturated rings. The lowest BCUT2D eigenvalue weighted by Gasteiger charge is -2.40. The third-order valence-corrected chi connectivity index (χ3v) is 6.10. The van der Waals surface area contributed by atoms with Crippen LogP contribution in [0.5, 0.6) is 0 Å². The Labute approximate surface area is 188 Å². The van der Waals surface area contributed by atoms with Crippen LogP contribution in [0.1, 0.15) is 42.1 Å². The largest absolute Gasteiger partial charge is 0.465 e. The SMILES string of the molecule is COC(=O)c1ccc(N(Cc2cc(Cl)ccc2F)C2CCN(CCC(C)N)CC2)cc1. The van der Waals surface area contributed by atoms with E-state index in [2.05, 4.69) is 9.80 Å². The van der Waals surface area contributed by atoms with Crippen molar-refractivity contribution in [2.75, 3.05) is 31.6 Å². The Bertz CT molecular complexity index is 868. The van der Waals surface area contributed by atoms with Crippen LogP contribution in [0.15, 0.2) is 42.5 Å². The lowest BCUT2D eigenvalue weighted by Crippen LogP contribution is -2.45. The van der Waals surface area contributed by atoms with Gasteiger partial charge < -0.3 is 20.3 Å². The van der Waals surface area contributed by atoms with Crippen LogP contribution in [-0.2, 0) is 11.3 Å². The van der Waals surface area contributed by atoms with Crippen LogP contribution in [0.25, 0.3) is 0 Å². The summed E-state index contributed by atoms with van der Waals surface area (Å²) in [6, 6.07) is 12.4. The molecule has 1 saturated heterocycles. The number of carbonyl (C=O) groups is 1. The highest BCUT2D eigenvalue weighted by atomic mass is 35.5. The molecule has 168 valence electrons. The molecule has 1 atom stereocenters. The Balaban J connectivity index is 1.79. The fourth-order valence-corrected chi connectivity index (χ4v) is 4.22. The molecule has 0 aliphatic carbocycles. The highest BCUT2D eigenvalue weighted by Crippen LogP contribution is 2.28. The number of methoxy groups -OCH3 is 1. The van der Waals surface area contributed by atoms with Crippen LogP contribution in [0, 0.1) is 5.82 Å². The van der Waals surface area contributed by atoms with Gasteiger partial charge in [0.2, 0.25) is 0 Å². The molecule has 2 aromatic rings. The minimum Gasteiger partial charge on any atom is -0.465 e. The van der Waals surface area contributed by atoms with E-state index >= 15 is 0 Å². The molecule has 1 unspecified atom stereocenters. The van der Waals surface area contributed by atoms with Crippen molar-refractivity contribution in [3.05, 3.63) is 64.4 Å². The van der Waals surface area contributed by atoms with Gasteiger partial charge >= 0.3 is 5.97 Å². The number of likely N-dealkylation sites (tertiary alicyclic amines) is 1. The summed E-state index contributed by atoms with van der Waals surface area (Å²) >= 11 is 6.13. The molecule has 1 heterocycles. The molecule has 3 rings (SSSR count). The maximum atomic E-state index is 14.5. The van der Waals surface area contributed by atoms with E-state index in [-0.39, 0.29) is 23.9 Å². The van der Waals surface area contributed by atoms with E-state index in [4.69, 9.17) is 22.1 Å². The molecule has 1 aliphatic rings. The van der Waals surface area contributed by atoms with Crippen molar-refractivity contribution in [1.29, 1.82) is 0 Å². The first-order valence-corrected chi connectivity index (χ1v) is 11.1. The summed E-state index contributed by atoms with van der Waals surface area (Å²) in [5.74, 6) is -0.642. The molecule has 0 radical (unpaired) electrons. The predicted octanol–water partition coefficient (Wildman–Crippen LogP) is 4.47. The molecule has 1 aliphatic heterocycles. The number of piperidine rings is 1. The molecular weight excluding hydrogens is 417 g/mol. The first kappa shape index (κ1) is 23.5. The smallest absolute Gasteiger partial charge is 0.337 e. The van der Waals surface area contributed by atoms with E-state index in [1.807, 2.05) is 19.1 Å². The molecule has 5 nitrogen and oxygen atoms in total. The van der Waals surface area contributed by atoms with Gasteiger partial charge in [-0.1, -0.05) is 11.6 Å². The second-order valence-electron chi connectivity index (χ2n) is 8.24. The molecule has 0 amide bonds. The molecule has 0 spiro atoms. The standard InChI is InChI=1S/C24H31ClFN3O2/c1-17(27)9-12-28-13-10-22(11-14-28)29(16-19-15-20(25)5-8-23(19)26)21-6-3-18(4-7-21)24(30)31-2/h3-8,15,17,22H,9-14,16,27H2,1-2H3. The second kappa shape index (κ2) is 10.9. The van der Waals surface area contributed by atoms with E-state index in [9.17, 15) is 9.18 Å². The van der Waals surface area contributed by atoms with Gasteiger partial charge in [-0.25, -0.2) is 9.18 Å². The fraction of sp³-hybridized carbons (Fsp3) is 0.458. The third kappa shape index (κ3) is 6.42. The zero-order valence-corrected chi connectivity index (χ0v) is 18.9. The van der Waals surface area contributed by atoms with Gasteiger partial charge in [-0.05, 0) is 75.2 Å². The van der Waals surface area contributed by atoms with Gasteiger partial charge in [0.1, 0.15) is 5.82 Å². The number of benzene rings is 2. The maximum absolute atomic E-state index is 14.5. The summed E-state index contributed by atoms with van der Waals surface area (Å²) in [5.41, 5.74) is 7.90. The third-order valence-electron chi connectivity index (χ3n) is 5.87. The van der Waals surface area contributed by atoms with E-state index in [0.29, 0.717) is 22.7 Å². The van der Waals surface area contributed by atoms with Gasteiger partial charge in [0.15, 0.2) is 0 Å². The number of rotatable bonds is 8. The number of ether oxygens (including phenoxy) is 1. The van der Waals surface area contributed by atoms with Crippen molar-refractivity contribution in [3.63, 3.8) is 0 Å². The molecule has 2 aromatic carbocycles. The Morgan fingerprint density at radius 3 is 2.55 bits per heavy atom. The van der Waals surface area contributed by atoms with Crippen LogP contribution in [0.4, 0.5) is 10.1 Å². The Kier molecular flexibility index (Phi) is 8.29. The lowest BCUT2D eigenvalue weighted by molar-refractivity contribution is 0.0600. The summed E-state index contributed by atoms with van der Waals surface area (Å²) in [7, 11) is 1.36. The minimum atomic E-state index is -0.374. The summed E-state index contributed by atoms with van der Waals surface area (Å²) in [5, 5.41) is 0.517. The number of hydrogen-bond donors (Lipinski definition) is 1. The lowest BCUT2D eigenvalue weighted by atomic mass is 10.00. The molecule has 0 bridgehead atoms. The van der Waals surface area contributed by atoms with Crippen molar-refractivity contribution >= 4 is 23.3 Å². The highest BCUT2D eigenvalue weighted by molar-refractivity contribution is 6.30. The number of nitrogens with two attached hydrogens (primary N) is 1. The summed E-state index contributed by atoms with van der Waals surface area (Å²) in [6.07, 6.45) is 2.93. The van der Waals surface area contributed by atoms with E-state index in [1.54, 1.807) is 24.3 Å². The topological polar surface area (TPSA) is 58.8 Å². The van der Waals surface area contributed by atoms with Gasteiger partial charge in [0, 0.05) is 48.0 Å². The molecule has 0 saturated carbocycles. The van der Waals surface area contributed by atoms with Crippen molar-refractivity contribution in [3.8, 4) is 0 Å². The quantitative estimate of drug-likeness (QED) is 0.605. The summed E-state index contributed by atoms with van der Waals surface area (Å²) in [6.45, 7) is 5.40. The molecular formula is C24H31ClFN3O2. The van der Waals surface area contributed by atoms with Gasteiger partial charge in [-0.3, -0.25) is 0 Å². The van der Waals surface area contributed by atoms with Crippen LogP contribution in [0.3, 0.4) is 0 Å². The van der Waals surface area contributed by atoms with Crippen LogP contribution in [0.2, 0.25) is 5.02 Å². The second-order valence-corrected chi connectivity index (χ2v) is 8.68. The van der Waals surface area contributed by atoms with Crippen molar-refractivity contribution in [1.82, 2.24) is 4.90 Å². The monoisotopic (exact) mass is 447 g/mol. The van der Waals surface area contributed by atoms with Crippen molar-refractivity contribution in [2.24, 2.45) is 5.73 Å². The number of esters is 1. The Hall–Kier alpha value is -2.15. The van der Waals surface area contributed by atoms with Gasteiger partial charge in [0.25, 0.3) is 0 Å². The number of carbonyl (C=O) groups excluding carboxylic acids is 1. The van der Waals surface area contributed by atoms with Gasteiger partial charge in [-0.15, -0.1) is 0 Å². The molecule has 7 heteroatoms. The fourth-order valence-electron chi connectivity index (χ4n) is 4.03. The zero-order chi connectivity index (χ0) is 22.4. The maximum Gasteiger partial charge on any atom is 0.337 e. The van der Waals surface area contributed by atoms with E-state index in [1.165, 1.54) is 13.2 Å². The van der Waals surface area contributed by atoms with Crippen molar-refractivity contribution < 1.29 is 13.9 Å². The highest BCUT2D eigenvalue weighted by Gasteiger charge is 2.26. The predicted molar refractivity (Wildman–Crippen MR) is 123 cm³/mol. The summed E-state index contributed by atoms with van der Waals surface area (Å²) in [4.78, 5) is 16.5. The zero-order valence-electron chi connectivity index (χ0n) is 18.2. The molecule has 31 heavy (non-hydrogen) atoms. The first-order chi connectivity index (χ1) is 14.9. The Morgan fingerprint density at radius 2 is 1.94 bits per heavy atom. The molecule has 0 aromatic heterocycles. The van der Waals surface area contributed by atoms with Crippen molar-refractivity contribution in [2.45, 2.75) is 44.8 Å². The van der Waals surface area contributed by atoms with Crippen LogP contribution in [-0.4, -0.2) is 49.7 Å². The first-order valence-electron chi connectivity index (χ1n) is 10.7. The number of hydrogen-bond acceptors (Lipinski definition) is 5. The minimum absolute atomic E-state index is 0.202. The number of anilines is 1. The Morgan fingerprint density at radius 1 is 1.26 bits per heavy atom. The van der Waals surface area contributed by atoms with Crippen LogP contribution >= 0.6 is 11.6 Å². The summed E-state index contributed by atoms with van der Waals surface area (Å²) < 4.78 is 19.3. The average molecular weight is 448 g/mol. The van der Waals surface area contributed by atoms with E-state index in [0.717, 1.165) is 44.6 Å². The molecule has 2 N–H and O–H groups in total. The van der Waals surface area contributed by atoms with E-state index < -0.39 is 0 Å². The van der Waals surface area contributed by atoms with Gasteiger partial charge in [-0.2, -0.15) is 0 Å². The normalized spacial score (nSPS) is 16.2. The van der Waals surface area contributed by atoms with Crippen LogP contribution < -0.4 is 10.6 Å². The van der Waals surface area contributed by atoms with Gasteiger partial charge in [0.05, 0.1) is 12.7 Å².